The largest absolute Gasteiger partial charge is 0.452 e. The van der Waals surface area contributed by atoms with Crippen LogP contribution < -0.4 is 5.32 Å². The fourth-order valence-corrected chi connectivity index (χ4v) is 2.11. The van der Waals surface area contributed by atoms with E-state index in [4.69, 9.17) is 9.26 Å². The fourth-order valence-electron chi connectivity index (χ4n) is 1.38. The Bertz CT molecular complexity index is 563. The Hall–Kier alpha value is -1.96. The molecule has 1 N–H and O–H groups in total. The van der Waals surface area contributed by atoms with Gasteiger partial charge in [-0.05, 0) is 25.4 Å². The lowest BCUT2D eigenvalue weighted by Crippen LogP contribution is -2.08. The van der Waals surface area contributed by atoms with Crippen molar-refractivity contribution in [1.82, 2.24) is 14.5 Å². The first-order valence-corrected chi connectivity index (χ1v) is 5.99. The highest BCUT2D eigenvalue weighted by atomic mass is 32.1. The molecule has 0 spiro atoms. The topological polar surface area (TPSA) is 90.1 Å². The summed E-state index contributed by atoms with van der Waals surface area (Å²) in [6.07, 6.45) is 0. The van der Waals surface area contributed by atoms with Crippen LogP contribution in [0.15, 0.2) is 4.52 Å². The van der Waals surface area contributed by atoms with E-state index in [1.807, 2.05) is 0 Å². The van der Waals surface area contributed by atoms with Gasteiger partial charge in [0.15, 0.2) is 12.4 Å². The number of hydrogen-bond acceptors (Lipinski definition) is 8. The minimum Gasteiger partial charge on any atom is -0.452 e. The molecule has 8 heteroatoms. The van der Waals surface area contributed by atoms with Gasteiger partial charge in [-0.2, -0.15) is 9.36 Å². The average Bonchev–Trinajstić information content (AvgIpc) is 2.92. The van der Waals surface area contributed by atoms with Gasteiger partial charge in [-0.15, -0.1) is 0 Å². The standard InChI is InChI=1S/C10H12N4O3S/c1-5-8(9(11-3)18-14-5)10(15)16-4-7-12-6(2)13-17-7/h11H,4H2,1-3H3. The van der Waals surface area contributed by atoms with Gasteiger partial charge in [-0.1, -0.05) is 5.16 Å². The quantitative estimate of drug-likeness (QED) is 0.841. The predicted molar refractivity (Wildman–Crippen MR) is 64.6 cm³/mol. The molecule has 18 heavy (non-hydrogen) atoms. The second-order valence-corrected chi connectivity index (χ2v) is 4.31. The van der Waals surface area contributed by atoms with Gasteiger partial charge in [0.2, 0.25) is 0 Å². The Morgan fingerprint density at radius 3 is 2.89 bits per heavy atom. The molecule has 0 aliphatic heterocycles. The van der Waals surface area contributed by atoms with Crippen LogP contribution in [0.5, 0.6) is 0 Å². The zero-order valence-electron chi connectivity index (χ0n) is 10.2. The molecule has 0 aromatic carbocycles. The molecule has 0 saturated carbocycles. The first-order valence-electron chi connectivity index (χ1n) is 5.22. The van der Waals surface area contributed by atoms with Crippen molar-refractivity contribution < 1.29 is 14.1 Å². The van der Waals surface area contributed by atoms with Crippen molar-refractivity contribution in [3.05, 3.63) is 23.0 Å². The van der Waals surface area contributed by atoms with Crippen molar-refractivity contribution in [3.8, 4) is 0 Å². The van der Waals surface area contributed by atoms with Gasteiger partial charge in [-0.3, -0.25) is 0 Å². The minimum atomic E-state index is -0.457. The van der Waals surface area contributed by atoms with E-state index in [1.54, 1.807) is 20.9 Å². The first-order chi connectivity index (χ1) is 8.61. The summed E-state index contributed by atoms with van der Waals surface area (Å²) in [6.45, 7) is 3.41. The van der Waals surface area contributed by atoms with Crippen LogP contribution in [0, 0.1) is 13.8 Å². The molecule has 0 atom stereocenters. The number of rotatable bonds is 4. The molecule has 0 amide bonds. The molecule has 7 nitrogen and oxygen atoms in total. The Morgan fingerprint density at radius 1 is 1.50 bits per heavy atom. The number of carbonyl (C=O) groups is 1. The molecule has 0 unspecified atom stereocenters. The van der Waals surface area contributed by atoms with Gasteiger partial charge in [0, 0.05) is 7.05 Å². The summed E-state index contributed by atoms with van der Waals surface area (Å²) in [6, 6.07) is 0. The number of ether oxygens (including phenoxy) is 1. The molecule has 2 aromatic rings. The van der Waals surface area contributed by atoms with Crippen LogP contribution in [0.4, 0.5) is 5.00 Å². The van der Waals surface area contributed by atoms with E-state index < -0.39 is 5.97 Å². The highest BCUT2D eigenvalue weighted by molar-refractivity contribution is 7.10. The predicted octanol–water partition coefficient (Wildman–Crippen LogP) is 1.54. The number of esters is 1. The number of nitrogens with zero attached hydrogens (tertiary/aromatic N) is 3. The van der Waals surface area contributed by atoms with E-state index in [-0.39, 0.29) is 12.5 Å². The second kappa shape index (κ2) is 5.13. The summed E-state index contributed by atoms with van der Waals surface area (Å²) in [5, 5.41) is 7.19. The van der Waals surface area contributed by atoms with Crippen molar-refractivity contribution in [2.24, 2.45) is 0 Å². The first kappa shape index (κ1) is 12.5. The summed E-state index contributed by atoms with van der Waals surface area (Å²) in [5.74, 6) is 0.319. The summed E-state index contributed by atoms with van der Waals surface area (Å²) in [5.41, 5.74) is 1.08. The Balaban J connectivity index is 2.05. The molecule has 0 bridgehead atoms. The molecule has 0 fully saturated rings. The normalized spacial score (nSPS) is 10.4. The third-order valence-corrected chi connectivity index (χ3v) is 3.15. The molecule has 0 radical (unpaired) electrons. The van der Waals surface area contributed by atoms with Crippen LogP contribution in [-0.4, -0.2) is 27.5 Å². The Morgan fingerprint density at radius 2 is 2.28 bits per heavy atom. The number of anilines is 1. The lowest BCUT2D eigenvalue weighted by atomic mass is 10.2. The van der Waals surface area contributed by atoms with E-state index in [0.717, 1.165) is 0 Å². The van der Waals surface area contributed by atoms with Crippen molar-refractivity contribution >= 4 is 22.5 Å². The SMILES string of the molecule is CNc1snc(C)c1C(=O)OCc1nc(C)no1. The lowest BCUT2D eigenvalue weighted by molar-refractivity contribution is 0.0430. The van der Waals surface area contributed by atoms with Gasteiger partial charge in [0.25, 0.3) is 5.89 Å². The van der Waals surface area contributed by atoms with Gasteiger partial charge < -0.3 is 14.6 Å². The summed E-state index contributed by atoms with van der Waals surface area (Å²) < 4.78 is 14.0. The van der Waals surface area contributed by atoms with Gasteiger partial charge in [0.1, 0.15) is 10.6 Å². The van der Waals surface area contributed by atoms with Crippen molar-refractivity contribution in [1.29, 1.82) is 0 Å². The third kappa shape index (κ3) is 2.48. The zero-order valence-corrected chi connectivity index (χ0v) is 11.0. The number of hydrogen-bond donors (Lipinski definition) is 1. The Labute approximate surface area is 107 Å². The summed E-state index contributed by atoms with van der Waals surface area (Å²) >= 11 is 1.22. The van der Waals surface area contributed by atoms with E-state index >= 15 is 0 Å². The van der Waals surface area contributed by atoms with Gasteiger partial charge in [-0.25, -0.2) is 4.79 Å². The van der Waals surface area contributed by atoms with E-state index in [1.165, 1.54) is 11.5 Å². The van der Waals surface area contributed by atoms with Crippen LogP contribution in [0.1, 0.15) is 27.8 Å². The highest BCUT2D eigenvalue weighted by Crippen LogP contribution is 2.24. The van der Waals surface area contributed by atoms with Crippen molar-refractivity contribution in [3.63, 3.8) is 0 Å². The van der Waals surface area contributed by atoms with Crippen LogP contribution in [0.25, 0.3) is 0 Å². The van der Waals surface area contributed by atoms with E-state index in [0.29, 0.717) is 22.1 Å². The molecular weight excluding hydrogens is 256 g/mol. The van der Waals surface area contributed by atoms with Crippen LogP contribution in [0.3, 0.4) is 0 Å². The van der Waals surface area contributed by atoms with Crippen molar-refractivity contribution in [2.45, 2.75) is 20.5 Å². The minimum absolute atomic E-state index is 0.0435. The maximum Gasteiger partial charge on any atom is 0.343 e. The summed E-state index contributed by atoms with van der Waals surface area (Å²) in [7, 11) is 1.73. The molecule has 2 aromatic heterocycles. The molecule has 2 rings (SSSR count). The molecule has 0 aliphatic carbocycles. The van der Waals surface area contributed by atoms with Crippen LogP contribution in [-0.2, 0) is 11.3 Å². The number of aromatic nitrogens is 3. The number of nitrogens with one attached hydrogen (secondary N) is 1. The molecule has 0 aliphatic rings. The zero-order chi connectivity index (χ0) is 13.1. The smallest absolute Gasteiger partial charge is 0.343 e. The molecular formula is C10H12N4O3S. The maximum absolute atomic E-state index is 11.9. The Kier molecular flexibility index (Phi) is 3.56. The second-order valence-electron chi connectivity index (χ2n) is 3.53. The molecule has 0 saturated heterocycles. The van der Waals surface area contributed by atoms with Gasteiger partial charge >= 0.3 is 5.97 Å². The molecule has 96 valence electrons. The number of aryl methyl sites for hydroxylation is 2. The maximum atomic E-state index is 11.9. The average molecular weight is 268 g/mol. The monoisotopic (exact) mass is 268 g/mol. The van der Waals surface area contributed by atoms with E-state index in [2.05, 4.69) is 19.8 Å². The fraction of sp³-hybridized carbons (Fsp3) is 0.400. The lowest BCUT2D eigenvalue weighted by Gasteiger charge is -2.03. The third-order valence-electron chi connectivity index (χ3n) is 2.19. The highest BCUT2D eigenvalue weighted by Gasteiger charge is 2.19. The summed E-state index contributed by atoms with van der Waals surface area (Å²) in [4.78, 5) is 15.8. The van der Waals surface area contributed by atoms with Crippen LogP contribution >= 0.6 is 11.5 Å². The van der Waals surface area contributed by atoms with Gasteiger partial charge in [0.05, 0.1) is 5.69 Å². The van der Waals surface area contributed by atoms with E-state index in [9.17, 15) is 4.79 Å². The van der Waals surface area contributed by atoms with Crippen LogP contribution in [0.2, 0.25) is 0 Å². The van der Waals surface area contributed by atoms with Crippen molar-refractivity contribution in [2.75, 3.05) is 12.4 Å². The number of carbonyl (C=O) groups excluding carboxylic acids is 1. The molecule has 2 heterocycles.